The van der Waals surface area contributed by atoms with Crippen LogP contribution in [0.1, 0.15) is 6.42 Å². The predicted octanol–water partition coefficient (Wildman–Crippen LogP) is 0.484. The van der Waals surface area contributed by atoms with Crippen LogP contribution < -0.4 is 4.72 Å². The van der Waals surface area contributed by atoms with Gasteiger partial charge in [0.2, 0.25) is 10.0 Å². The third-order valence-electron chi connectivity index (χ3n) is 2.38. The molecule has 0 radical (unpaired) electrons. The van der Waals surface area contributed by atoms with Crippen molar-refractivity contribution < 1.29 is 18.3 Å². The number of aromatic nitrogens is 3. The number of rotatable bonds is 6. The fourth-order valence-corrected chi connectivity index (χ4v) is 2.50. The van der Waals surface area contributed by atoms with E-state index in [0.29, 0.717) is 11.4 Å². The fourth-order valence-electron chi connectivity index (χ4n) is 1.46. The quantitative estimate of drug-likeness (QED) is 0.801. The number of aliphatic carboxylic acids is 1. The third kappa shape index (κ3) is 3.79. The van der Waals surface area contributed by atoms with E-state index in [0.717, 1.165) is 0 Å². The summed E-state index contributed by atoms with van der Waals surface area (Å²) in [6.07, 6.45) is 2.62. The van der Waals surface area contributed by atoms with E-state index in [1.165, 1.54) is 17.2 Å². The Balaban J connectivity index is 2.05. The summed E-state index contributed by atoms with van der Waals surface area (Å²) in [5.41, 5.74) is 1.04. The van der Waals surface area contributed by atoms with Crippen molar-refractivity contribution in [1.29, 1.82) is 0 Å². The van der Waals surface area contributed by atoms with E-state index in [9.17, 15) is 13.2 Å². The van der Waals surface area contributed by atoms with Crippen molar-refractivity contribution in [3.63, 3.8) is 0 Å². The van der Waals surface area contributed by atoms with Gasteiger partial charge in [-0.25, -0.2) is 8.42 Å². The second kappa shape index (κ2) is 5.70. The molecule has 9 heteroatoms. The number of hydrogen-bond donors (Lipinski definition) is 2. The average molecular weight is 296 g/mol. The lowest BCUT2D eigenvalue weighted by atomic mass is 10.3. The molecule has 0 bridgehead atoms. The first-order chi connectivity index (χ1) is 9.46. The van der Waals surface area contributed by atoms with Crippen molar-refractivity contribution in [2.45, 2.75) is 6.42 Å². The van der Waals surface area contributed by atoms with E-state index in [2.05, 4.69) is 14.9 Å². The van der Waals surface area contributed by atoms with E-state index in [4.69, 9.17) is 5.11 Å². The molecule has 1 heterocycles. The van der Waals surface area contributed by atoms with Crippen molar-refractivity contribution in [2.24, 2.45) is 0 Å². The summed E-state index contributed by atoms with van der Waals surface area (Å²) in [5, 5.41) is 16.4. The summed E-state index contributed by atoms with van der Waals surface area (Å²) in [6.45, 7) is 0. The molecule has 0 unspecified atom stereocenters. The van der Waals surface area contributed by atoms with Crippen molar-refractivity contribution in [3.8, 4) is 5.69 Å². The number of carbonyl (C=O) groups is 1. The summed E-state index contributed by atoms with van der Waals surface area (Å²) in [5.74, 6) is -1.62. The van der Waals surface area contributed by atoms with Crippen LogP contribution in [0.25, 0.3) is 5.69 Å². The first-order valence-electron chi connectivity index (χ1n) is 5.65. The van der Waals surface area contributed by atoms with E-state index < -0.39 is 28.2 Å². The molecule has 1 aromatic carbocycles. The van der Waals surface area contributed by atoms with Crippen LogP contribution in [0, 0.1) is 0 Å². The van der Waals surface area contributed by atoms with Crippen LogP contribution in [0.2, 0.25) is 0 Å². The summed E-state index contributed by atoms with van der Waals surface area (Å²) >= 11 is 0. The zero-order valence-corrected chi connectivity index (χ0v) is 11.1. The van der Waals surface area contributed by atoms with Gasteiger partial charge in [-0.05, 0) is 24.3 Å². The van der Waals surface area contributed by atoms with Gasteiger partial charge in [-0.1, -0.05) is 0 Å². The van der Waals surface area contributed by atoms with Crippen molar-refractivity contribution in [1.82, 2.24) is 15.0 Å². The first-order valence-corrected chi connectivity index (χ1v) is 7.30. The summed E-state index contributed by atoms with van der Waals surface area (Å²) in [4.78, 5) is 11.8. The minimum absolute atomic E-state index is 0.353. The van der Waals surface area contributed by atoms with Gasteiger partial charge in [0.25, 0.3) is 0 Å². The number of nitrogens with one attached hydrogen (secondary N) is 1. The van der Waals surface area contributed by atoms with Crippen LogP contribution >= 0.6 is 0 Å². The van der Waals surface area contributed by atoms with Crippen LogP contribution in [0.15, 0.2) is 36.7 Å². The lowest BCUT2D eigenvalue weighted by Crippen LogP contribution is -2.18. The average Bonchev–Trinajstić information content (AvgIpc) is 2.91. The Hall–Kier alpha value is -2.42. The van der Waals surface area contributed by atoms with Gasteiger partial charge >= 0.3 is 5.97 Å². The number of anilines is 1. The van der Waals surface area contributed by atoms with Gasteiger partial charge < -0.3 is 5.11 Å². The molecular weight excluding hydrogens is 284 g/mol. The topological polar surface area (TPSA) is 114 Å². The monoisotopic (exact) mass is 296 g/mol. The molecule has 0 amide bonds. The number of nitrogens with zero attached hydrogens (tertiary/aromatic N) is 3. The normalized spacial score (nSPS) is 11.2. The maximum atomic E-state index is 11.6. The summed E-state index contributed by atoms with van der Waals surface area (Å²) in [6, 6.07) is 6.40. The number of carboxylic acid groups (broad SMARTS) is 1. The van der Waals surface area contributed by atoms with Crippen LogP contribution in [-0.2, 0) is 14.8 Å². The Bertz CT molecular complexity index is 680. The van der Waals surface area contributed by atoms with E-state index >= 15 is 0 Å². The summed E-state index contributed by atoms with van der Waals surface area (Å²) < 4.78 is 25.5. The molecule has 106 valence electrons. The van der Waals surface area contributed by atoms with E-state index in [1.807, 2.05) is 0 Å². The van der Waals surface area contributed by atoms with E-state index in [-0.39, 0.29) is 0 Å². The second-order valence-corrected chi connectivity index (χ2v) is 5.77. The van der Waals surface area contributed by atoms with Crippen molar-refractivity contribution in [2.75, 3.05) is 10.5 Å². The zero-order valence-electron chi connectivity index (χ0n) is 10.3. The minimum atomic E-state index is -3.67. The first kappa shape index (κ1) is 14.0. The highest BCUT2D eigenvalue weighted by Gasteiger charge is 2.12. The molecule has 0 spiro atoms. The molecule has 0 aliphatic heterocycles. The molecule has 2 aromatic rings. The fraction of sp³-hybridized carbons (Fsp3) is 0.182. The molecule has 2 rings (SSSR count). The zero-order chi connectivity index (χ0) is 14.6. The van der Waals surface area contributed by atoms with Gasteiger partial charge in [0, 0.05) is 5.69 Å². The van der Waals surface area contributed by atoms with Gasteiger partial charge in [0.15, 0.2) is 0 Å². The largest absolute Gasteiger partial charge is 0.481 e. The number of sulfonamides is 1. The van der Waals surface area contributed by atoms with E-state index in [1.54, 1.807) is 24.3 Å². The van der Waals surface area contributed by atoms with Crippen LogP contribution in [0.4, 0.5) is 5.69 Å². The highest BCUT2D eigenvalue weighted by Crippen LogP contribution is 2.13. The SMILES string of the molecule is O=C(O)CCS(=O)(=O)Nc1ccc(-n2nccn2)cc1. The van der Waals surface area contributed by atoms with Gasteiger partial charge in [0.05, 0.1) is 30.3 Å². The lowest BCUT2D eigenvalue weighted by molar-refractivity contribution is -0.136. The van der Waals surface area contributed by atoms with Gasteiger partial charge in [-0.3, -0.25) is 9.52 Å². The molecular formula is C11H12N4O4S. The lowest BCUT2D eigenvalue weighted by Gasteiger charge is -2.07. The number of benzene rings is 1. The molecule has 1 aromatic heterocycles. The molecule has 0 aliphatic rings. The van der Waals surface area contributed by atoms with Gasteiger partial charge in [-0.15, -0.1) is 0 Å². The maximum absolute atomic E-state index is 11.6. The molecule has 2 N–H and O–H groups in total. The van der Waals surface area contributed by atoms with Crippen molar-refractivity contribution >= 4 is 21.7 Å². The standard InChI is InChI=1S/C11H12N4O4S/c16-11(17)5-8-20(18,19)14-9-1-3-10(4-2-9)15-12-6-7-13-15/h1-4,6-7,14H,5,8H2,(H,16,17). The molecule has 0 aliphatic carbocycles. The van der Waals surface area contributed by atoms with Gasteiger partial charge in [-0.2, -0.15) is 15.0 Å². The highest BCUT2D eigenvalue weighted by atomic mass is 32.2. The van der Waals surface area contributed by atoms with Crippen LogP contribution in [0.3, 0.4) is 0 Å². The van der Waals surface area contributed by atoms with Crippen molar-refractivity contribution in [3.05, 3.63) is 36.7 Å². The highest BCUT2D eigenvalue weighted by molar-refractivity contribution is 7.92. The smallest absolute Gasteiger partial charge is 0.304 e. The Morgan fingerprint density at radius 3 is 2.35 bits per heavy atom. The predicted molar refractivity (Wildman–Crippen MR) is 71.0 cm³/mol. The molecule has 0 atom stereocenters. The molecule has 8 nitrogen and oxygen atoms in total. The third-order valence-corrected chi connectivity index (χ3v) is 3.66. The molecule has 0 saturated carbocycles. The molecule has 0 saturated heterocycles. The number of hydrogen-bond acceptors (Lipinski definition) is 5. The Kier molecular flexibility index (Phi) is 3.99. The minimum Gasteiger partial charge on any atom is -0.481 e. The Labute approximate surface area is 115 Å². The Morgan fingerprint density at radius 2 is 1.80 bits per heavy atom. The second-order valence-electron chi connectivity index (χ2n) is 3.93. The maximum Gasteiger partial charge on any atom is 0.304 e. The molecule has 20 heavy (non-hydrogen) atoms. The number of carboxylic acids is 1. The van der Waals surface area contributed by atoms with Gasteiger partial charge in [0.1, 0.15) is 0 Å². The van der Waals surface area contributed by atoms with Crippen LogP contribution in [0.5, 0.6) is 0 Å². The summed E-state index contributed by atoms with van der Waals surface area (Å²) in [7, 11) is -3.67. The van der Waals surface area contributed by atoms with Crippen LogP contribution in [-0.4, -0.2) is 40.2 Å². The molecule has 0 fully saturated rings. The Morgan fingerprint density at radius 1 is 1.20 bits per heavy atom.